The minimum atomic E-state index is -1.00. The molecule has 0 atom stereocenters. The summed E-state index contributed by atoms with van der Waals surface area (Å²) in [5, 5.41) is 10.9. The molecule has 14 heavy (non-hydrogen) atoms. The van der Waals surface area contributed by atoms with Crippen molar-refractivity contribution >= 4 is 12.0 Å². The smallest absolute Gasteiger partial charge is 0.404 e. The van der Waals surface area contributed by atoms with Crippen LogP contribution in [0.3, 0.4) is 0 Å². The van der Waals surface area contributed by atoms with Gasteiger partial charge in [-0.05, 0) is 18.9 Å². The molecular weight excluding hydrogens is 184 g/mol. The van der Waals surface area contributed by atoms with E-state index < -0.39 is 6.09 Å². The molecular formula is C9H14N2O3. The number of nitrogens with zero attached hydrogens (tertiary/aromatic N) is 1. The minimum absolute atomic E-state index is 0.0265. The van der Waals surface area contributed by atoms with Gasteiger partial charge in [0.1, 0.15) is 0 Å². The lowest BCUT2D eigenvalue weighted by Crippen LogP contribution is -2.45. The summed E-state index contributed by atoms with van der Waals surface area (Å²) in [5.41, 5.74) is 0. The van der Waals surface area contributed by atoms with Gasteiger partial charge in [-0.1, -0.05) is 6.58 Å². The van der Waals surface area contributed by atoms with Crippen molar-refractivity contribution < 1.29 is 14.7 Å². The second-order valence-electron chi connectivity index (χ2n) is 3.25. The Balaban J connectivity index is 2.34. The number of amides is 2. The van der Waals surface area contributed by atoms with E-state index in [0.29, 0.717) is 25.9 Å². The van der Waals surface area contributed by atoms with Gasteiger partial charge in [-0.25, -0.2) is 4.79 Å². The Hall–Kier alpha value is -1.52. The summed E-state index contributed by atoms with van der Waals surface area (Å²) in [5.74, 6) is -0.0845. The van der Waals surface area contributed by atoms with Crippen LogP contribution in [0.4, 0.5) is 4.79 Å². The number of piperidine rings is 1. The van der Waals surface area contributed by atoms with E-state index in [1.165, 1.54) is 6.08 Å². The fourth-order valence-corrected chi connectivity index (χ4v) is 1.55. The number of likely N-dealkylation sites (tertiary alicyclic amines) is 1. The van der Waals surface area contributed by atoms with Crippen LogP contribution in [0.1, 0.15) is 12.8 Å². The Morgan fingerprint density at radius 3 is 2.43 bits per heavy atom. The molecule has 0 unspecified atom stereocenters. The molecule has 0 saturated carbocycles. The first-order chi connectivity index (χ1) is 6.63. The Kier molecular flexibility index (Phi) is 3.50. The molecule has 0 radical (unpaired) electrons. The first-order valence-electron chi connectivity index (χ1n) is 4.54. The molecule has 1 rings (SSSR count). The van der Waals surface area contributed by atoms with Crippen LogP contribution in [0.2, 0.25) is 0 Å². The normalized spacial score (nSPS) is 17.6. The molecule has 1 heterocycles. The van der Waals surface area contributed by atoms with Gasteiger partial charge in [-0.2, -0.15) is 0 Å². The van der Waals surface area contributed by atoms with E-state index in [4.69, 9.17) is 5.11 Å². The predicted octanol–water partition coefficient (Wildman–Crippen LogP) is 0.431. The number of hydrogen-bond donors (Lipinski definition) is 2. The zero-order valence-electron chi connectivity index (χ0n) is 7.90. The summed E-state index contributed by atoms with van der Waals surface area (Å²) < 4.78 is 0. The molecule has 78 valence electrons. The Bertz CT molecular complexity index is 244. The number of hydrogen-bond acceptors (Lipinski definition) is 2. The zero-order valence-corrected chi connectivity index (χ0v) is 7.90. The quantitative estimate of drug-likeness (QED) is 0.632. The molecule has 1 saturated heterocycles. The van der Waals surface area contributed by atoms with E-state index in [9.17, 15) is 9.59 Å². The Labute approximate surface area is 82.4 Å². The Morgan fingerprint density at radius 1 is 1.43 bits per heavy atom. The van der Waals surface area contributed by atoms with E-state index in [0.717, 1.165) is 0 Å². The summed E-state index contributed by atoms with van der Waals surface area (Å²) in [6.07, 6.45) is 1.63. The molecule has 2 amide bonds. The van der Waals surface area contributed by atoms with Gasteiger partial charge >= 0.3 is 6.09 Å². The molecule has 1 aliphatic rings. The first-order valence-corrected chi connectivity index (χ1v) is 4.54. The number of carbonyl (C=O) groups is 2. The number of carbonyl (C=O) groups excluding carboxylic acids is 1. The third kappa shape index (κ3) is 2.76. The lowest BCUT2D eigenvalue weighted by molar-refractivity contribution is -0.127. The molecule has 5 heteroatoms. The molecule has 0 spiro atoms. The molecule has 2 N–H and O–H groups in total. The van der Waals surface area contributed by atoms with Gasteiger partial charge in [0.25, 0.3) is 0 Å². The van der Waals surface area contributed by atoms with Crippen LogP contribution in [0.25, 0.3) is 0 Å². The zero-order chi connectivity index (χ0) is 10.6. The van der Waals surface area contributed by atoms with E-state index in [1.54, 1.807) is 4.90 Å². The van der Waals surface area contributed by atoms with Crippen LogP contribution >= 0.6 is 0 Å². The van der Waals surface area contributed by atoms with Gasteiger partial charge in [0.05, 0.1) is 0 Å². The van der Waals surface area contributed by atoms with Crippen LogP contribution in [-0.4, -0.2) is 41.1 Å². The minimum Gasteiger partial charge on any atom is -0.465 e. The SMILES string of the molecule is C=CC(=O)N1CCC(NC(=O)O)CC1. The number of carboxylic acid groups (broad SMARTS) is 1. The van der Waals surface area contributed by atoms with Crippen molar-refractivity contribution in [1.29, 1.82) is 0 Å². The first kappa shape index (κ1) is 10.6. The van der Waals surface area contributed by atoms with Crippen molar-refractivity contribution in [3.8, 4) is 0 Å². The standard InChI is InChI=1S/C9H14N2O3/c1-2-8(12)11-5-3-7(4-6-11)10-9(13)14/h2,7,10H,1,3-6H2,(H,13,14). The third-order valence-corrected chi connectivity index (χ3v) is 2.31. The highest BCUT2D eigenvalue weighted by Gasteiger charge is 2.21. The molecule has 0 bridgehead atoms. The van der Waals surface area contributed by atoms with Gasteiger partial charge in [0.2, 0.25) is 5.91 Å². The van der Waals surface area contributed by atoms with Crippen LogP contribution < -0.4 is 5.32 Å². The molecule has 0 aliphatic carbocycles. The predicted molar refractivity (Wildman–Crippen MR) is 51.0 cm³/mol. The molecule has 5 nitrogen and oxygen atoms in total. The van der Waals surface area contributed by atoms with Crippen molar-refractivity contribution in [3.63, 3.8) is 0 Å². The maximum atomic E-state index is 11.2. The van der Waals surface area contributed by atoms with Crippen LogP contribution in [0.5, 0.6) is 0 Å². The van der Waals surface area contributed by atoms with Crippen molar-refractivity contribution in [2.24, 2.45) is 0 Å². The molecule has 0 aromatic rings. The largest absolute Gasteiger partial charge is 0.465 e. The summed E-state index contributed by atoms with van der Waals surface area (Å²) in [7, 11) is 0. The van der Waals surface area contributed by atoms with Crippen molar-refractivity contribution in [3.05, 3.63) is 12.7 Å². The summed E-state index contributed by atoms with van der Waals surface area (Å²) >= 11 is 0. The highest BCUT2D eigenvalue weighted by atomic mass is 16.4. The van der Waals surface area contributed by atoms with E-state index in [2.05, 4.69) is 11.9 Å². The summed E-state index contributed by atoms with van der Waals surface area (Å²) in [6.45, 7) is 4.59. The topological polar surface area (TPSA) is 69.6 Å². The highest BCUT2D eigenvalue weighted by Crippen LogP contribution is 2.10. The second-order valence-corrected chi connectivity index (χ2v) is 3.25. The molecule has 1 fully saturated rings. The van der Waals surface area contributed by atoms with E-state index in [-0.39, 0.29) is 11.9 Å². The number of rotatable bonds is 2. The highest BCUT2D eigenvalue weighted by molar-refractivity contribution is 5.87. The van der Waals surface area contributed by atoms with Crippen LogP contribution in [0.15, 0.2) is 12.7 Å². The fraction of sp³-hybridized carbons (Fsp3) is 0.556. The Morgan fingerprint density at radius 2 is 2.00 bits per heavy atom. The van der Waals surface area contributed by atoms with Gasteiger partial charge in [0.15, 0.2) is 0 Å². The van der Waals surface area contributed by atoms with E-state index in [1.807, 2.05) is 0 Å². The monoisotopic (exact) mass is 198 g/mol. The van der Waals surface area contributed by atoms with Crippen LogP contribution in [0, 0.1) is 0 Å². The molecule has 1 aliphatic heterocycles. The van der Waals surface area contributed by atoms with Gasteiger partial charge < -0.3 is 15.3 Å². The summed E-state index contributed by atoms with van der Waals surface area (Å²) in [6, 6.07) is -0.0265. The lowest BCUT2D eigenvalue weighted by Gasteiger charge is -2.30. The van der Waals surface area contributed by atoms with Gasteiger partial charge in [-0.15, -0.1) is 0 Å². The average molecular weight is 198 g/mol. The van der Waals surface area contributed by atoms with Crippen molar-refractivity contribution in [2.45, 2.75) is 18.9 Å². The van der Waals surface area contributed by atoms with E-state index >= 15 is 0 Å². The lowest BCUT2D eigenvalue weighted by atomic mass is 10.1. The summed E-state index contributed by atoms with van der Waals surface area (Å²) in [4.78, 5) is 23.2. The van der Waals surface area contributed by atoms with Gasteiger partial charge in [0, 0.05) is 19.1 Å². The maximum Gasteiger partial charge on any atom is 0.404 e. The molecule has 0 aromatic carbocycles. The average Bonchev–Trinajstić information content (AvgIpc) is 2.17. The van der Waals surface area contributed by atoms with Crippen molar-refractivity contribution in [2.75, 3.05) is 13.1 Å². The maximum absolute atomic E-state index is 11.2. The number of nitrogens with one attached hydrogen (secondary N) is 1. The van der Waals surface area contributed by atoms with Gasteiger partial charge in [-0.3, -0.25) is 4.79 Å². The van der Waals surface area contributed by atoms with Crippen molar-refractivity contribution in [1.82, 2.24) is 10.2 Å². The second kappa shape index (κ2) is 4.64. The molecule has 0 aromatic heterocycles. The fourth-order valence-electron chi connectivity index (χ4n) is 1.55. The van der Waals surface area contributed by atoms with Crippen LogP contribution in [-0.2, 0) is 4.79 Å². The third-order valence-electron chi connectivity index (χ3n) is 2.31.